The van der Waals surface area contributed by atoms with E-state index in [2.05, 4.69) is 11.9 Å². The standard InChI is InChI=1S/C13H18FNO/c1-9-4-2-5-10(8-9)13(16)12-11(14)6-3-7-15-12/h3,6-7,9-10,13,16H,2,4-5,8H2,1H3. The summed E-state index contributed by atoms with van der Waals surface area (Å²) in [6.07, 6.45) is 5.07. The van der Waals surface area contributed by atoms with Crippen molar-refractivity contribution in [1.82, 2.24) is 4.98 Å². The van der Waals surface area contributed by atoms with Crippen LogP contribution in [0.2, 0.25) is 0 Å². The van der Waals surface area contributed by atoms with Crippen molar-refractivity contribution in [2.45, 2.75) is 38.7 Å². The number of aromatic nitrogens is 1. The van der Waals surface area contributed by atoms with Crippen LogP contribution >= 0.6 is 0 Å². The van der Waals surface area contributed by atoms with Gasteiger partial charge >= 0.3 is 0 Å². The second-order valence-corrected chi connectivity index (χ2v) is 4.85. The lowest BCUT2D eigenvalue weighted by atomic mass is 9.79. The van der Waals surface area contributed by atoms with Crippen LogP contribution in [0.1, 0.15) is 44.4 Å². The molecule has 1 heterocycles. The average molecular weight is 223 g/mol. The summed E-state index contributed by atoms with van der Waals surface area (Å²) in [7, 11) is 0. The molecule has 88 valence electrons. The van der Waals surface area contributed by atoms with Gasteiger partial charge in [-0.15, -0.1) is 0 Å². The number of halogens is 1. The molecule has 1 aliphatic carbocycles. The fourth-order valence-electron chi connectivity index (χ4n) is 2.61. The van der Waals surface area contributed by atoms with Crippen molar-refractivity contribution < 1.29 is 9.50 Å². The van der Waals surface area contributed by atoms with Crippen molar-refractivity contribution in [3.8, 4) is 0 Å². The maximum atomic E-state index is 13.5. The first-order chi connectivity index (χ1) is 7.68. The van der Waals surface area contributed by atoms with Gasteiger partial charge in [0.25, 0.3) is 0 Å². The second kappa shape index (κ2) is 4.91. The topological polar surface area (TPSA) is 33.1 Å². The lowest BCUT2D eigenvalue weighted by Gasteiger charge is -2.30. The number of rotatable bonds is 2. The maximum absolute atomic E-state index is 13.5. The summed E-state index contributed by atoms with van der Waals surface area (Å²) < 4.78 is 13.5. The maximum Gasteiger partial charge on any atom is 0.147 e. The predicted molar refractivity (Wildman–Crippen MR) is 60.3 cm³/mol. The summed E-state index contributed by atoms with van der Waals surface area (Å²) in [5.74, 6) is 0.390. The van der Waals surface area contributed by atoms with Crippen LogP contribution in [0.5, 0.6) is 0 Å². The third-order valence-corrected chi connectivity index (χ3v) is 3.49. The zero-order valence-electron chi connectivity index (χ0n) is 9.56. The molecule has 0 bridgehead atoms. The van der Waals surface area contributed by atoms with E-state index in [1.165, 1.54) is 18.7 Å². The largest absolute Gasteiger partial charge is 0.386 e. The number of pyridine rings is 1. The Morgan fingerprint density at radius 3 is 3.00 bits per heavy atom. The Morgan fingerprint density at radius 1 is 1.50 bits per heavy atom. The van der Waals surface area contributed by atoms with Gasteiger partial charge in [-0.2, -0.15) is 0 Å². The third kappa shape index (κ3) is 2.40. The first kappa shape index (κ1) is 11.5. The van der Waals surface area contributed by atoms with Crippen LogP contribution in [0.15, 0.2) is 18.3 Å². The van der Waals surface area contributed by atoms with Crippen LogP contribution in [0, 0.1) is 17.7 Å². The summed E-state index contributed by atoms with van der Waals surface area (Å²) >= 11 is 0. The van der Waals surface area contributed by atoms with E-state index in [1.807, 2.05) is 0 Å². The Balaban J connectivity index is 2.12. The van der Waals surface area contributed by atoms with Crippen molar-refractivity contribution in [2.75, 3.05) is 0 Å². The van der Waals surface area contributed by atoms with E-state index >= 15 is 0 Å². The summed E-state index contributed by atoms with van der Waals surface area (Å²) in [4.78, 5) is 3.95. The first-order valence-corrected chi connectivity index (χ1v) is 5.97. The van der Waals surface area contributed by atoms with E-state index in [4.69, 9.17) is 0 Å². The number of aliphatic hydroxyl groups is 1. The van der Waals surface area contributed by atoms with Gasteiger partial charge in [0, 0.05) is 6.20 Å². The highest BCUT2D eigenvalue weighted by atomic mass is 19.1. The molecule has 1 aliphatic rings. The Bertz CT molecular complexity index is 356. The molecule has 2 nitrogen and oxygen atoms in total. The van der Waals surface area contributed by atoms with Gasteiger partial charge < -0.3 is 5.11 Å². The normalized spacial score (nSPS) is 27.7. The zero-order valence-corrected chi connectivity index (χ0v) is 9.56. The first-order valence-electron chi connectivity index (χ1n) is 5.97. The molecule has 0 saturated heterocycles. The molecule has 1 aromatic heterocycles. The van der Waals surface area contributed by atoms with E-state index in [-0.39, 0.29) is 11.6 Å². The van der Waals surface area contributed by atoms with Gasteiger partial charge in [0.05, 0.1) is 0 Å². The molecule has 1 aromatic rings. The lowest BCUT2D eigenvalue weighted by Crippen LogP contribution is -2.21. The molecular formula is C13H18FNO. The molecule has 1 fully saturated rings. The summed E-state index contributed by atoms with van der Waals surface area (Å²) in [5.41, 5.74) is 0.210. The fourth-order valence-corrected chi connectivity index (χ4v) is 2.61. The zero-order chi connectivity index (χ0) is 11.5. The van der Waals surface area contributed by atoms with Gasteiger partial charge in [0.15, 0.2) is 0 Å². The molecule has 1 saturated carbocycles. The minimum Gasteiger partial charge on any atom is -0.386 e. The summed E-state index contributed by atoms with van der Waals surface area (Å²) in [5, 5.41) is 10.1. The Labute approximate surface area is 95.5 Å². The van der Waals surface area contributed by atoms with Gasteiger partial charge in [-0.1, -0.05) is 19.8 Å². The molecule has 3 unspecified atom stereocenters. The highest BCUT2D eigenvalue weighted by molar-refractivity contribution is 5.11. The monoisotopic (exact) mass is 223 g/mol. The van der Waals surface area contributed by atoms with Crippen LogP contribution in [-0.4, -0.2) is 10.1 Å². The lowest BCUT2D eigenvalue weighted by molar-refractivity contribution is 0.0649. The van der Waals surface area contributed by atoms with Crippen LogP contribution < -0.4 is 0 Å². The summed E-state index contributed by atoms with van der Waals surface area (Å²) in [6.45, 7) is 2.19. The molecule has 16 heavy (non-hydrogen) atoms. The molecule has 0 amide bonds. The second-order valence-electron chi connectivity index (χ2n) is 4.85. The Morgan fingerprint density at radius 2 is 2.31 bits per heavy atom. The molecule has 0 aliphatic heterocycles. The predicted octanol–water partition coefficient (Wildman–Crippen LogP) is 3.08. The van der Waals surface area contributed by atoms with Crippen molar-refractivity contribution in [3.63, 3.8) is 0 Å². The molecule has 0 radical (unpaired) electrons. The van der Waals surface area contributed by atoms with E-state index < -0.39 is 11.9 Å². The van der Waals surface area contributed by atoms with Crippen LogP contribution in [-0.2, 0) is 0 Å². The number of nitrogens with zero attached hydrogens (tertiary/aromatic N) is 1. The van der Waals surface area contributed by atoms with Crippen LogP contribution in [0.25, 0.3) is 0 Å². The minimum atomic E-state index is -0.746. The average Bonchev–Trinajstić information content (AvgIpc) is 2.29. The number of aliphatic hydroxyl groups excluding tert-OH is 1. The van der Waals surface area contributed by atoms with E-state index in [1.54, 1.807) is 6.07 Å². The van der Waals surface area contributed by atoms with Crippen molar-refractivity contribution in [1.29, 1.82) is 0 Å². The highest BCUT2D eigenvalue weighted by Gasteiger charge is 2.28. The van der Waals surface area contributed by atoms with E-state index in [0.29, 0.717) is 5.92 Å². The van der Waals surface area contributed by atoms with Crippen LogP contribution in [0.3, 0.4) is 0 Å². The van der Waals surface area contributed by atoms with Gasteiger partial charge in [-0.25, -0.2) is 4.39 Å². The van der Waals surface area contributed by atoms with Crippen molar-refractivity contribution in [3.05, 3.63) is 29.8 Å². The number of hydrogen-bond acceptors (Lipinski definition) is 2. The van der Waals surface area contributed by atoms with Crippen molar-refractivity contribution >= 4 is 0 Å². The van der Waals surface area contributed by atoms with Gasteiger partial charge in [-0.05, 0) is 36.8 Å². The van der Waals surface area contributed by atoms with E-state index in [0.717, 1.165) is 19.3 Å². The highest BCUT2D eigenvalue weighted by Crippen LogP contribution is 2.36. The molecule has 1 N–H and O–H groups in total. The summed E-state index contributed by atoms with van der Waals surface area (Å²) in [6, 6.07) is 2.91. The fraction of sp³-hybridized carbons (Fsp3) is 0.615. The third-order valence-electron chi connectivity index (χ3n) is 3.49. The van der Waals surface area contributed by atoms with Gasteiger partial charge in [-0.3, -0.25) is 4.98 Å². The van der Waals surface area contributed by atoms with Gasteiger partial charge in [0.2, 0.25) is 0 Å². The molecule has 0 spiro atoms. The minimum absolute atomic E-state index is 0.160. The van der Waals surface area contributed by atoms with Gasteiger partial charge in [0.1, 0.15) is 17.6 Å². The van der Waals surface area contributed by atoms with E-state index in [9.17, 15) is 9.50 Å². The Hall–Kier alpha value is -0.960. The molecule has 2 rings (SSSR count). The van der Waals surface area contributed by atoms with Crippen LogP contribution in [0.4, 0.5) is 4.39 Å². The van der Waals surface area contributed by atoms with Crippen molar-refractivity contribution in [2.24, 2.45) is 11.8 Å². The molecule has 3 heteroatoms. The number of hydrogen-bond donors (Lipinski definition) is 1. The molecule has 3 atom stereocenters. The smallest absolute Gasteiger partial charge is 0.147 e. The molecular weight excluding hydrogens is 205 g/mol. The Kier molecular flexibility index (Phi) is 3.54. The molecule has 0 aromatic carbocycles. The SMILES string of the molecule is CC1CCCC(C(O)c2ncccc2F)C1. The quantitative estimate of drug-likeness (QED) is 0.835.